The molecule has 0 bridgehead atoms. The van der Waals surface area contributed by atoms with Gasteiger partial charge in [0.05, 0.1) is 0 Å². The first-order chi connectivity index (χ1) is 7.69. The highest BCUT2D eigenvalue weighted by molar-refractivity contribution is 4.87. The van der Waals surface area contributed by atoms with Gasteiger partial charge in [0.15, 0.2) is 0 Å². The van der Waals surface area contributed by atoms with E-state index in [1.807, 2.05) is 0 Å². The van der Waals surface area contributed by atoms with Crippen LogP contribution in [0.15, 0.2) is 0 Å². The van der Waals surface area contributed by atoms with Crippen LogP contribution in [0, 0.1) is 5.92 Å². The van der Waals surface area contributed by atoms with Crippen LogP contribution >= 0.6 is 0 Å². The Morgan fingerprint density at radius 2 is 1.88 bits per heavy atom. The van der Waals surface area contributed by atoms with Gasteiger partial charge in [0.2, 0.25) is 0 Å². The fourth-order valence-electron chi connectivity index (χ4n) is 2.24. The van der Waals surface area contributed by atoms with Gasteiger partial charge >= 0.3 is 0 Å². The molecule has 0 aromatic heterocycles. The zero-order chi connectivity index (χ0) is 12.0. The van der Waals surface area contributed by atoms with Gasteiger partial charge in [-0.15, -0.1) is 0 Å². The van der Waals surface area contributed by atoms with Gasteiger partial charge in [-0.05, 0) is 44.7 Å². The zero-order valence-corrected chi connectivity index (χ0v) is 11.6. The molecule has 96 valence electrons. The molecule has 1 rings (SSSR count). The lowest BCUT2D eigenvalue weighted by atomic mass is 10.0. The maximum absolute atomic E-state index is 3.70. The van der Waals surface area contributed by atoms with Gasteiger partial charge in [-0.3, -0.25) is 4.90 Å². The van der Waals surface area contributed by atoms with Crippen molar-refractivity contribution in [2.45, 2.75) is 65.5 Å². The van der Waals surface area contributed by atoms with Crippen molar-refractivity contribution < 1.29 is 0 Å². The minimum Gasteiger partial charge on any atom is -0.312 e. The number of rotatable bonds is 9. The molecule has 0 aliphatic heterocycles. The third-order valence-electron chi connectivity index (χ3n) is 3.47. The van der Waals surface area contributed by atoms with Crippen molar-refractivity contribution in [3.05, 3.63) is 0 Å². The summed E-state index contributed by atoms with van der Waals surface area (Å²) in [5.41, 5.74) is 0. The van der Waals surface area contributed by atoms with Crippen LogP contribution in [0.4, 0.5) is 0 Å². The van der Waals surface area contributed by atoms with Gasteiger partial charge in [0.25, 0.3) is 0 Å². The molecule has 1 aliphatic rings. The van der Waals surface area contributed by atoms with E-state index in [-0.39, 0.29) is 0 Å². The topological polar surface area (TPSA) is 15.3 Å². The summed E-state index contributed by atoms with van der Waals surface area (Å²) in [5.74, 6) is 0.740. The molecule has 0 heterocycles. The second-order valence-corrected chi connectivity index (χ2v) is 5.53. The van der Waals surface area contributed by atoms with Crippen molar-refractivity contribution in [2.24, 2.45) is 5.92 Å². The lowest BCUT2D eigenvalue weighted by Crippen LogP contribution is -2.45. The van der Waals surface area contributed by atoms with E-state index in [1.165, 1.54) is 38.8 Å². The monoisotopic (exact) mass is 226 g/mol. The first-order valence-corrected chi connectivity index (χ1v) is 7.16. The predicted octanol–water partition coefficient (Wildman–Crippen LogP) is 2.89. The zero-order valence-electron chi connectivity index (χ0n) is 11.6. The first-order valence-electron chi connectivity index (χ1n) is 7.16. The van der Waals surface area contributed by atoms with Crippen LogP contribution in [0.25, 0.3) is 0 Å². The average Bonchev–Trinajstić information content (AvgIpc) is 3.05. The highest BCUT2D eigenvalue weighted by atomic mass is 15.2. The highest BCUT2D eigenvalue weighted by Gasteiger charge is 2.30. The summed E-state index contributed by atoms with van der Waals surface area (Å²) in [6.07, 6.45) is 5.38. The van der Waals surface area contributed by atoms with E-state index in [4.69, 9.17) is 0 Å². The summed E-state index contributed by atoms with van der Waals surface area (Å²) < 4.78 is 0. The lowest BCUT2D eigenvalue weighted by Gasteiger charge is -2.30. The summed E-state index contributed by atoms with van der Waals surface area (Å²) in [6, 6.07) is 1.58. The van der Waals surface area contributed by atoms with Crippen LogP contribution in [-0.2, 0) is 0 Å². The summed E-state index contributed by atoms with van der Waals surface area (Å²) in [7, 11) is 0. The molecule has 1 fully saturated rings. The van der Waals surface area contributed by atoms with Gasteiger partial charge < -0.3 is 5.32 Å². The van der Waals surface area contributed by atoms with E-state index in [9.17, 15) is 0 Å². The summed E-state index contributed by atoms with van der Waals surface area (Å²) >= 11 is 0. The molecule has 2 nitrogen and oxygen atoms in total. The smallest absolute Gasteiger partial charge is 0.0218 e. The molecule has 0 spiro atoms. The summed E-state index contributed by atoms with van der Waals surface area (Å²) in [4.78, 5) is 2.70. The van der Waals surface area contributed by atoms with Gasteiger partial charge in [0, 0.05) is 18.6 Å². The molecular formula is C14H30N2. The molecule has 1 N–H and O–H groups in total. The van der Waals surface area contributed by atoms with Crippen molar-refractivity contribution in [1.82, 2.24) is 10.2 Å². The number of nitrogens with zero attached hydrogens (tertiary/aromatic N) is 1. The van der Waals surface area contributed by atoms with E-state index < -0.39 is 0 Å². The van der Waals surface area contributed by atoms with Gasteiger partial charge in [-0.25, -0.2) is 0 Å². The molecule has 0 saturated heterocycles. The SMILES string of the molecule is CCCNC(CN(CCC)C1CC1)C(C)C. The van der Waals surface area contributed by atoms with Crippen molar-refractivity contribution in [1.29, 1.82) is 0 Å². The highest BCUT2D eigenvalue weighted by Crippen LogP contribution is 2.27. The largest absolute Gasteiger partial charge is 0.312 e. The second kappa shape index (κ2) is 7.29. The molecule has 0 amide bonds. The molecule has 1 atom stereocenters. The molecule has 0 radical (unpaired) electrons. The Hall–Kier alpha value is -0.0800. The number of hydrogen-bond acceptors (Lipinski definition) is 2. The van der Waals surface area contributed by atoms with Crippen LogP contribution in [-0.4, -0.2) is 36.6 Å². The first kappa shape index (κ1) is 14.0. The fraction of sp³-hybridized carbons (Fsp3) is 1.00. The Bertz CT molecular complexity index is 176. The third-order valence-corrected chi connectivity index (χ3v) is 3.47. The van der Waals surface area contributed by atoms with Gasteiger partial charge in [0.1, 0.15) is 0 Å². The van der Waals surface area contributed by atoms with Gasteiger partial charge in [-0.1, -0.05) is 27.7 Å². The molecule has 0 aromatic carbocycles. The van der Waals surface area contributed by atoms with Crippen molar-refractivity contribution >= 4 is 0 Å². The Labute approximate surface area is 102 Å². The van der Waals surface area contributed by atoms with E-state index in [0.717, 1.165) is 18.5 Å². The molecule has 0 aromatic rings. The van der Waals surface area contributed by atoms with Crippen molar-refractivity contribution in [3.63, 3.8) is 0 Å². The van der Waals surface area contributed by atoms with Crippen LogP contribution < -0.4 is 5.32 Å². The van der Waals surface area contributed by atoms with Gasteiger partial charge in [-0.2, -0.15) is 0 Å². The molecular weight excluding hydrogens is 196 g/mol. The Morgan fingerprint density at radius 1 is 1.19 bits per heavy atom. The van der Waals surface area contributed by atoms with Crippen LogP contribution in [0.2, 0.25) is 0 Å². The van der Waals surface area contributed by atoms with Crippen molar-refractivity contribution in [2.75, 3.05) is 19.6 Å². The summed E-state index contributed by atoms with van der Waals surface area (Å²) in [6.45, 7) is 12.9. The molecule has 2 heteroatoms. The maximum atomic E-state index is 3.70. The molecule has 1 saturated carbocycles. The maximum Gasteiger partial charge on any atom is 0.0218 e. The standard InChI is InChI=1S/C14H30N2/c1-5-9-15-14(12(3)4)11-16(10-6-2)13-7-8-13/h12-15H,5-11H2,1-4H3. The van der Waals surface area contributed by atoms with Crippen LogP contribution in [0.1, 0.15) is 53.4 Å². The van der Waals surface area contributed by atoms with Crippen LogP contribution in [0.3, 0.4) is 0 Å². The van der Waals surface area contributed by atoms with E-state index in [0.29, 0.717) is 6.04 Å². The normalized spacial score (nSPS) is 18.4. The number of nitrogens with one attached hydrogen (secondary N) is 1. The summed E-state index contributed by atoms with van der Waals surface area (Å²) in [5, 5.41) is 3.70. The number of hydrogen-bond donors (Lipinski definition) is 1. The predicted molar refractivity (Wildman–Crippen MR) is 71.8 cm³/mol. The van der Waals surface area contributed by atoms with Crippen molar-refractivity contribution in [3.8, 4) is 0 Å². The minimum absolute atomic E-state index is 0.673. The Balaban J connectivity index is 2.37. The third kappa shape index (κ3) is 4.84. The molecule has 16 heavy (non-hydrogen) atoms. The second-order valence-electron chi connectivity index (χ2n) is 5.53. The molecule has 1 unspecified atom stereocenters. The van der Waals surface area contributed by atoms with E-state index in [1.54, 1.807) is 0 Å². The van der Waals surface area contributed by atoms with E-state index >= 15 is 0 Å². The lowest BCUT2D eigenvalue weighted by molar-refractivity contribution is 0.209. The minimum atomic E-state index is 0.673. The average molecular weight is 226 g/mol. The Morgan fingerprint density at radius 3 is 2.31 bits per heavy atom. The molecule has 1 aliphatic carbocycles. The van der Waals surface area contributed by atoms with Crippen LogP contribution in [0.5, 0.6) is 0 Å². The fourth-order valence-corrected chi connectivity index (χ4v) is 2.24. The quantitative estimate of drug-likeness (QED) is 0.650. The Kier molecular flexibility index (Phi) is 6.37. The van der Waals surface area contributed by atoms with E-state index in [2.05, 4.69) is 37.9 Å².